The van der Waals surface area contributed by atoms with Gasteiger partial charge >= 0.3 is 0 Å². The fraction of sp³-hybridized carbons (Fsp3) is 1.00. The lowest BCUT2D eigenvalue weighted by Crippen LogP contribution is -2.35. The van der Waals surface area contributed by atoms with Crippen molar-refractivity contribution < 1.29 is 4.74 Å². The number of halogens is 1. The summed E-state index contributed by atoms with van der Waals surface area (Å²) < 4.78 is 5.08. The summed E-state index contributed by atoms with van der Waals surface area (Å²) in [5, 5.41) is 3.25. The second-order valence-electron chi connectivity index (χ2n) is 2.17. The normalized spacial score (nSPS) is 27.0. The highest BCUT2D eigenvalue weighted by atomic mass is 35.5. The van der Waals surface area contributed by atoms with Crippen LogP contribution in [0.3, 0.4) is 0 Å². The standard InChI is InChI=1S/C6H13NO.ClH/c1-8-6-4-2-3-5-7-6;/h6-7H,2-5H2,1H3;1H/t6-;/m0./s1. The van der Waals surface area contributed by atoms with Gasteiger partial charge in [-0.05, 0) is 25.8 Å². The second-order valence-corrected chi connectivity index (χ2v) is 2.17. The van der Waals surface area contributed by atoms with Crippen molar-refractivity contribution in [3.63, 3.8) is 0 Å². The van der Waals surface area contributed by atoms with Gasteiger partial charge in [-0.15, -0.1) is 12.4 Å². The first-order valence-electron chi connectivity index (χ1n) is 3.19. The molecule has 0 unspecified atom stereocenters. The largest absolute Gasteiger partial charge is 0.367 e. The fourth-order valence-electron chi connectivity index (χ4n) is 1.02. The lowest BCUT2D eigenvalue weighted by molar-refractivity contribution is 0.0524. The monoisotopic (exact) mass is 151 g/mol. The Morgan fingerprint density at radius 3 is 2.56 bits per heavy atom. The summed E-state index contributed by atoms with van der Waals surface area (Å²) in [5.41, 5.74) is 0. The van der Waals surface area contributed by atoms with Crippen molar-refractivity contribution in [1.29, 1.82) is 0 Å². The van der Waals surface area contributed by atoms with Gasteiger partial charge in [0.25, 0.3) is 0 Å². The quantitative estimate of drug-likeness (QED) is 0.607. The van der Waals surface area contributed by atoms with E-state index in [1.807, 2.05) is 0 Å². The summed E-state index contributed by atoms with van der Waals surface area (Å²) in [6.07, 6.45) is 4.13. The van der Waals surface area contributed by atoms with Crippen LogP contribution in [0.1, 0.15) is 19.3 Å². The molecule has 1 aliphatic heterocycles. The Kier molecular flexibility index (Phi) is 5.15. The van der Waals surface area contributed by atoms with Gasteiger partial charge in [0.2, 0.25) is 0 Å². The third-order valence-electron chi connectivity index (χ3n) is 1.55. The predicted molar refractivity (Wildman–Crippen MR) is 39.9 cm³/mol. The van der Waals surface area contributed by atoms with E-state index in [9.17, 15) is 0 Å². The molecule has 1 saturated heterocycles. The Labute approximate surface area is 62.4 Å². The summed E-state index contributed by atoms with van der Waals surface area (Å²) in [6.45, 7) is 1.12. The second kappa shape index (κ2) is 5.03. The van der Waals surface area contributed by atoms with Crippen LogP contribution in [0.25, 0.3) is 0 Å². The number of hydrogen-bond acceptors (Lipinski definition) is 2. The zero-order valence-electron chi connectivity index (χ0n) is 5.72. The van der Waals surface area contributed by atoms with Crippen molar-refractivity contribution in [2.24, 2.45) is 0 Å². The molecule has 1 fully saturated rings. The topological polar surface area (TPSA) is 21.3 Å². The Morgan fingerprint density at radius 1 is 1.44 bits per heavy atom. The van der Waals surface area contributed by atoms with E-state index in [0.29, 0.717) is 6.23 Å². The van der Waals surface area contributed by atoms with Gasteiger partial charge in [-0.2, -0.15) is 0 Å². The summed E-state index contributed by atoms with van der Waals surface area (Å²) in [4.78, 5) is 0. The molecule has 1 rings (SSSR count). The molecule has 1 aliphatic rings. The van der Waals surface area contributed by atoms with Crippen molar-refractivity contribution in [3.8, 4) is 0 Å². The van der Waals surface area contributed by atoms with Crippen LogP contribution in [0.5, 0.6) is 0 Å². The smallest absolute Gasteiger partial charge is 0.107 e. The average Bonchev–Trinajstić information content (AvgIpc) is 1.90. The Bertz CT molecular complexity index is 64.1. The van der Waals surface area contributed by atoms with Gasteiger partial charge in [0.15, 0.2) is 0 Å². The number of piperidine rings is 1. The number of nitrogens with one attached hydrogen (secondary N) is 1. The molecule has 0 aromatic rings. The predicted octanol–water partition coefficient (Wildman–Crippen LogP) is 1.15. The zero-order valence-corrected chi connectivity index (χ0v) is 6.54. The van der Waals surface area contributed by atoms with Gasteiger partial charge in [-0.3, -0.25) is 5.32 Å². The minimum atomic E-state index is 0. The van der Waals surface area contributed by atoms with Crippen molar-refractivity contribution in [1.82, 2.24) is 5.32 Å². The average molecular weight is 152 g/mol. The maximum Gasteiger partial charge on any atom is 0.107 e. The minimum Gasteiger partial charge on any atom is -0.367 e. The summed E-state index contributed by atoms with van der Waals surface area (Å²) in [6, 6.07) is 0. The van der Waals surface area contributed by atoms with E-state index < -0.39 is 0 Å². The maximum absolute atomic E-state index is 5.08. The summed E-state index contributed by atoms with van der Waals surface area (Å²) in [5.74, 6) is 0. The Balaban J connectivity index is 0.000000640. The van der Waals surface area contributed by atoms with Gasteiger partial charge in [0.05, 0.1) is 0 Å². The van der Waals surface area contributed by atoms with Crippen molar-refractivity contribution in [2.45, 2.75) is 25.5 Å². The molecular formula is C6H14ClNO. The third kappa shape index (κ3) is 3.04. The van der Waals surface area contributed by atoms with E-state index in [1.54, 1.807) is 7.11 Å². The highest BCUT2D eigenvalue weighted by molar-refractivity contribution is 5.85. The van der Waals surface area contributed by atoms with Crippen LogP contribution in [0.2, 0.25) is 0 Å². The van der Waals surface area contributed by atoms with Crippen molar-refractivity contribution in [2.75, 3.05) is 13.7 Å². The van der Waals surface area contributed by atoms with Crippen LogP contribution in [0, 0.1) is 0 Å². The molecule has 1 heterocycles. The molecule has 3 heteroatoms. The molecule has 0 aliphatic carbocycles. The zero-order chi connectivity index (χ0) is 5.82. The molecule has 0 radical (unpaired) electrons. The molecule has 0 aromatic heterocycles. The van der Waals surface area contributed by atoms with Crippen LogP contribution in [-0.4, -0.2) is 19.9 Å². The SMILES string of the molecule is CO[C@H]1CCCCN1.Cl. The maximum atomic E-state index is 5.08. The van der Waals surface area contributed by atoms with Crippen molar-refractivity contribution >= 4 is 12.4 Å². The lowest BCUT2D eigenvalue weighted by Gasteiger charge is -2.21. The number of rotatable bonds is 1. The highest BCUT2D eigenvalue weighted by Gasteiger charge is 2.09. The molecule has 1 N–H and O–H groups in total. The van der Waals surface area contributed by atoms with Crippen molar-refractivity contribution in [3.05, 3.63) is 0 Å². The summed E-state index contributed by atoms with van der Waals surface area (Å²) >= 11 is 0. The van der Waals surface area contributed by atoms with Crippen LogP contribution in [-0.2, 0) is 4.74 Å². The number of methoxy groups -OCH3 is 1. The van der Waals surface area contributed by atoms with Crippen LogP contribution >= 0.6 is 12.4 Å². The molecule has 0 saturated carbocycles. The van der Waals surface area contributed by atoms with Gasteiger partial charge in [-0.1, -0.05) is 0 Å². The molecule has 0 spiro atoms. The van der Waals surface area contributed by atoms with E-state index in [-0.39, 0.29) is 12.4 Å². The first-order valence-corrected chi connectivity index (χ1v) is 3.19. The molecule has 2 nitrogen and oxygen atoms in total. The van der Waals surface area contributed by atoms with Crippen LogP contribution in [0.15, 0.2) is 0 Å². The van der Waals surface area contributed by atoms with Gasteiger partial charge < -0.3 is 4.74 Å². The molecule has 0 aromatic carbocycles. The number of ether oxygens (including phenoxy) is 1. The van der Waals surface area contributed by atoms with E-state index >= 15 is 0 Å². The van der Waals surface area contributed by atoms with E-state index in [1.165, 1.54) is 19.3 Å². The van der Waals surface area contributed by atoms with Gasteiger partial charge in [0, 0.05) is 7.11 Å². The highest BCUT2D eigenvalue weighted by Crippen LogP contribution is 2.05. The van der Waals surface area contributed by atoms with Crippen LogP contribution in [0.4, 0.5) is 0 Å². The minimum absolute atomic E-state index is 0. The molecule has 1 atom stereocenters. The van der Waals surface area contributed by atoms with E-state index in [0.717, 1.165) is 6.54 Å². The Hall–Kier alpha value is 0.210. The van der Waals surface area contributed by atoms with Gasteiger partial charge in [-0.25, -0.2) is 0 Å². The molecule has 56 valence electrons. The molecule has 0 amide bonds. The van der Waals surface area contributed by atoms with Gasteiger partial charge in [0.1, 0.15) is 6.23 Å². The fourth-order valence-corrected chi connectivity index (χ4v) is 1.02. The molecule has 0 bridgehead atoms. The van der Waals surface area contributed by atoms with E-state index in [4.69, 9.17) is 4.74 Å². The van der Waals surface area contributed by atoms with E-state index in [2.05, 4.69) is 5.32 Å². The first-order chi connectivity index (χ1) is 3.93. The first kappa shape index (κ1) is 9.21. The molecule has 9 heavy (non-hydrogen) atoms. The third-order valence-corrected chi connectivity index (χ3v) is 1.55. The lowest BCUT2D eigenvalue weighted by atomic mass is 10.1. The Morgan fingerprint density at radius 2 is 2.22 bits per heavy atom. The van der Waals surface area contributed by atoms with Crippen LogP contribution < -0.4 is 5.32 Å². The molecular weight excluding hydrogens is 138 g/mol. The summed E-state index contributed by atoms with van der Waals surface area (Å²) in [7, 11) is 1.75. The number of hydrogen-bond donors (Lipinski definition) is 1.